The Kier molecular flexibility index (Phi) is 7.73. The summed E-state index contributed by atoms with van der Waals surface area (Å²) in [4.78, 5) is 6.89. The van der Waals surface area contributed by atoms with Crippen LogP contribution in [0.5, 0.6) is 5.88 Å². The molecular weight excluding hydrogens is 487 g/mol. The molecule has 0 saturated carbocycles. The number of methoxy groups -OCH3 is 1. The number of hydrogen-bond acceptors (Lipinski definition) is 4. The van der Waals surface area contributed by atoms with Crippen LogP contribution in [0.15, 0.2) is 109 Å². The SMILES string of the molecule is COc1nc(-c2cccc(F)c2)ccc1[C@@H](c1ccccc1)[C@@](O)(CCN(C)C)c1cccc2ccccc12. The summed E-state index contributed by atoms with van der Waals surface area (Å²) >= 11 is 0. The van der Waals surface area contributed by atoms with Crippen LogP contribution >= 0.6 is 0 Å². The molecular formula is C34H33FN2O2. The van der Waals surface area contributed by atoms with E-state index in [2.05, 4.69) is 23.1 Å². The molecule has 0 aliphatic rings. The average molecular weight is 521 g/mol. The summed E-state index contributed by atoms with van der Waals surface area (Å²) in [6, 6.07) is 34.4. The monoisotopic (exact) mass is 520 g/mol. The Hall–Kier alpha value is -4.06. The summed E-state index contributed by atoms with van der Waals surface area (Å²) in [6.07, 6.45) is 0.475. The van der Waals surface area contributed by atoms with Crippen molar-refractivity contribution in [2.75, 3.05) is 27.7 Å². The fourth-order valence-electron chi connectivity index (χ4n) is 5.43. The molecule has 5 rings (SSSR count). The van der Waals surface area contributed by atoms with Crippen molar-refractivity contribution in [2.24, 2.45) is 0 Å². The second kappa shape index (κ2) is 11.4. The highest BCUT2D eigenvalue weighted by atomic mass is 19.1. The second-order valence-corrected chi connectivity index (χ2v) is 10.2. The Labute approximate surface area is 229 Å². The third kappa shape index (κ3) is 5.42. The van der Waals surface area contributed by atoms with Gasteiger partial charge in [0.2, 0.25) is 5.88 Å². The third-order valence-electron chi connectivity index (χ3n) is 7.32. The van der Waals surface area contributed by atoms with Crippen LogP contribution in [0.4, 0.5) is 4.39 Å². The van der Waals surface area contributed by atoms with Crippen LogP contribution in [0.1, 0.15) is 29.0 Å². The van der Waals surface area contributed by atoms with Gasteiger partial charge in [0, 0.05) is 23.6 Å². The number of benzene rings is 4. The maximum absolute atomic E-state index is 14.0. The lowest BCUT2D eigenvalue weighted by Gasteiger charge is -2.39. The molecule has 0 bridgehead atoms. The summed E-state index contributed by atoms with van der Waals surface area (Å²) < 4.78 is 19.8. The first-order valence-electron chi connectivity index (χ1n) is 13.1. The number of nitrogens with zero attached hydrogens (tertiary/aromatic N) is 2. The van der Waals surface area contributed by atoms with Gasteiger partial charge in [0.1, 0.15) is 11.4 Å². The molecule has 39 heavy (non-hydrogen) atoms. The van der Waals surface area contributed by atoms with Crippen molar-refractivity contribution in [1.29, 1.82) is 0 Å². The van der Waals surface area contributed by atoms with Gasteiger partial charge in [0.25, 0.3) is 0 Å². The highest BCUT2D eigenvalue weighted by molar-refractivity contribution is 5.86. The molecule has 0 radical (unpaired) electrons. The zero-order chi connectivity index (χ0) is 27.4. The van der Waals surface area contributed by atoms with E-state index in [1.165, 1.54) is 12.1 Å². The van der Waals surface area contributed by atoms with Crippen LogP contribution < -0.4 is 4.74 Å². The molecule has 4 nitrogen and oxygen atoms in total. The molecule has 5 aromatic rings. The van der Waals surface area contributed by atoms with Crippen molar-refractivity contribution in [3.63, 3.8) is 0 Å². The molecule has 1 heterocycles. The molecule has 0 spiro atoms. The lowest BCUT2D eigenvalue weighted by molar-refractivity contribution is 0.00516. The van der Waals surface area contributed by atoms with Gasteiger partial charge in [-0.15, -0.1) is 0 Å². The normalized spacial score (nSPS) is 13.8. The van der Waals surface area contributed by atoms with Gasteiger partial charge in [0.15, 0.2) is 0 Å². The lowest BCUT2D eigenvalue weighted by atomic mass is 9.70. The van der Waals surface area contributed by atoms with Crippen molar-refractivity contribution in [3.8, 4) is 17.1 Å². The Morgan fingerprint density at radius 3 is 2.33 bits per heavy atom. The first kappa shape index (κ1) is 26.5. The Morgan fingerprint density at radius 2 is 1.59 bits per heavy atom. The second-order valence-electron chi connectivity index (χ2n) is 10.2. The zero-order valence-electron chi connectivity index (χ0n) is 22.5. The van der Waals surface area contributed by atoms with Gasteiger partial charge in [-0.25, -0.2) is 9.37 Å². The number of hydrogen-bond donors (Lipinski definition) is 1. The van der Waals surface area contributed by atoms with Gasteiger partial charge in [0.05, 0.1) is 12.8 Å². The fraction of sp³-hybridized carbons (Fsp3) is 0.206. The van der Waals surface area contributed by atoms with E-state index in [4.69, 9.17) is 9.72 Å². The highest BCUT2D eigenvalue weighted by Crippen LogP contribution is 2.48. The van der Waals surface area contributed by atoms with Crippen LogP contribution in [0.2, 0.25) is 0 Å². The summed E-state index contributed by atoms with van der Waals surface area (Å²) in [7, 11) is 5.61. The van der Waals surface area contributed by atoms with E-state index >= 15 is 0 Å². The van der Waals surface area contributed by atoms with Gasteiger partial charge >= 0.3 is 0 Å². The van der Waals surface area contributed by atoms with Crippen molar-refractivity contribution in [3.05, 3.63) is 132 Å². The number of pyridine rings is 1. The van der Waals surface area contributed by atoms with Crippen molar-refractivity contribution in [1.82, 2.24) is 9.88 Å². The van der Waals surface area contributed by atoms with Crippen LogP contribution in [-0.2, 0) is 5.60 Å². The smallest absolute Gasteiger partial charge is 0.217 e. The molecule has 0 aliphatic heterocycles. The molecule has 198 valence electrons. The number of fused-ring (bicyclic) bond motifs is 1. The summed E-state index contributed by atoms with van der Waals surface area (Å²) in [6.45, 7) is 0.667. The third-order valence-corrected chi connectivity index (χ3v) is 7.32. The van der Waals surface area contributed by atoms with Gasteiger partial charge in [-0.3, -0.25) is 0 Å². The molecule has 5 heteroatoms. The maximum atomic E-state index is 14.0. The lowest BCUT2D eigenvalue weighted by Crippen LogP contribution is -2.38. The molecule has 1 aromatic heterocycles. The highest BCUT2D eigenvalue weighted by Gasteiger charge is 2.43. The maximum Gasteiger partial charge on any atom is 0.217 e. The fourth-order valence-corrected chi connectivity index (χ4v) is 5.43. The zero-order valence-corrected chi connectivity index (χ0v) is 22.5. The van der Waals surface area contributed by atoms with Crippen molar-refractivity contribution in [2.45, 2.75) is 17.9 Å². The average Bonchev–Trinajstić information content (AvgIpc) is 2.96. The van der Waals surface area contributed by atoms with E-state index in [0.717, 1.165) is 27.5 Å². The van der Waals surface area contributed by atoms with E-state index in [-0.39, 0.29) is 5.82 Å². The Morgan fingerprint density at radius 1 is 0.872 bits per heavy atom. The molecule has 0 unspecified atom stereocenters. The molecule has 4 aromatic carbocycles. The Balaban J connectivity index is 1.76. The van der Waals surface area contributed by atoms with Crippen LogP contribution in [0.25, 0.3) is 22.0 Å². The Bertz CT molecular complexity index is 1570. The van der Waals surface area contributed by atoms with Gasteiger partial charge in [-0.2, -0.15) is 0 Å². The molecule has 2 atom stereocenters. The molecule has 0 aliphatic carbocycles. The first-order valence-corrected chi connectivity index (χ1v) is 13.1. The van der Waals surface area contributed by atoms with Crippen LogP contribution in [0.3, 0.4) is 0 Å². The quantitative estimate of drug-likeness (QED) is 0.227. The molecule has 0 amide bonds. The minimum Gasteiger partial charge on any atom is -0.481 e. The van der Waals surface area contributed by atoms with E-state index in [0.29, 0.717) is 30.1 Å². The number of ether oxygens (including phenoxy) is 1. The summed E-state index contributed by atoms with van der Waals surface area (Å²) in [5.74, 6) is -0.420. The standard InChI is InChI=1S/C34H33FN2O2/c1-37(2)22-21-34(38,30-18-10-14-24-11-7-8-17-28(24)30)32(25-12-5-4-6-13-25)29-19-20-31(36-33(29)39-3)26-15-9-16-27(35)23-26/h4-20,23,32,38H,21-22H2,1-3H3/t32-,34-/m1/s1. The number of aromatic nitrogens is 1. The molecule has 0 saturated heterocycles. The van der Waals surface area contributed by atoms with Crippen molar-refractivity contribution < 1.29 is 14.2 Å². The van der Waals surface area contributed by atoms with E-state index in [1.807, 2.05) is 86.9 Å². The summed E-state index contributed by atoms with van der Waals surface area (Å²) in [5.41, 5.74) is 2.52. The first-order chi connectivity index (χ1) is 18.9. The van der Waals surface area contributed by atoms with E-state index in [9.17, 15) is 9.50 Å². The van der Waals surface area contributed by atoms with Crippen molar-refractivity contribution >= 4 is 10.8 Å². The molecule has 0 fully saturated rings. The number of aliphatic hydroxyl groups is 1. The number of rotatable bonds is 9. The van der Waals surface area contributed by atoms with Crippen LogP contribution in [-0.4, -0.2) is 42.7 Å². The minimum atomic E-state index is -1.30. The van der Waals surface area contributed by atoms with Gasteiger partial charge < -0.3 is 14.7 Å². The van der Waals surface area contributed by atoms with Gasteiger partial charge in [-0.05, 0) is 60.6 Å². The van der Waals surface area contributed by atoms with Gasteiger partial charge in [-0.1, -0.05) is 91.0 Å². The summed E-state index contributed by atoms with van der Waals surface area (Å²) in [5, 5.41) is 15.1. The predicted octanol–water partition coefficient (Wildman–Crippen LogP) is 7.02. The topological polar surface area (TPSA) is 45.6 Å². The number of halogens is 1. The minimum absolute atomic E-state index is 0.325. The molecule has 1 N–H and O–H groups in total. The largest absolute Gasteiger partial charge is 0.481 e. The predicted molar refractivity (Wildman–Crippen MR) is 155 cm³/mol. The van der Waals surface area contributed by atoms with Crippen LogP contribution in [0, 0.1) is 5.82 Å². The van der Waals surface area contributed by atoms with E-state index < -0.39 is 11.5 Å². The van der Waals surface area contributed by atoms with E-state index in [1.54, 1.807) is 13.2 Å².